The fourth-order valence-corrected chi connectivity index (χ4v) is 3.22. The van der Waals surface area contributed by atoms with Gasteiger partial charge in [-0.1, -0.05) is 30.3 Å². The molecular weight excluding hydrogens is 330 g/mol. The van der Waals surface area contributed by atoms with Gasteiger partial charge in [0.1, 0.15) is 11.5 Å². The lowest BCUT2D eigenvalue weighted by atomic mass is 10.1. The zero-order valence-corrected chi connectivity index (χ0v) is 15.2. The second kappa shape index (κ2) is 8.19. The molecule has 3 rings (SSSR count). The van der Waals surface area contributed by atoms with Gasteiger partial charge in [-0.15, -0.1) is 0 Å². The monoisotopic (exact) mass is 355 g/mol. The number of carbonyl (C=O) groups excluding carboxylic acids is 2. The highest BCUT2D eigenvalue weighted by molar-refractivity contribution is 5.88. The Morgan fingerprint density at radius 2 is 2.04 bits per heavy atom. The average molecular weight is 355 g/mol. The minimum atomic E-state index is -0.416. The van der Waals surface area contributed by atoms with Gasteiger partial charge >= 0.3 is 0 Å². The van der Waals surface area contributed by atoms with E-state index in [2.05, 4.69) is 15.5 Å². The van der Waals surface area contributed by atoms with E-state index in [-0.39, 0.29) is 24.3 Å². The first-order valence-electron chi connectivity index (χ1n) is 8.99. The summed E-state index contributed by atoms with van der Waals surface area (Å²) in [6.45, 7) is 5.78. The number of nitrogens with zero attached hydrogens (tertiary/aromatic N) is 1. The van der Waals surface area contributed by atoms with Crippen molar-refractivity contribution in [3.8, 4) is 11.3 Å². The molecule has 0 spiro atoms. The zero-order valence-electron chi connectivity index (χ0n) is 15.2. The van der Waals surface area contributed by atoms with Crippen molar-refractivity contribution in [3.63, 3.8) is 0 Å². The van der Waals surface area contributed by atoms with E-state index in [9.17, 15) is 9.59 Å². The molecule has 1 atom stereocenters. The molecule has 0 bridgehead atoms. The van der Waals surface area contributed by atoms with Crippen molar-refractivity contribution < 1.29 is 14.0 Å². The summed E-state index contributed by atoms with van der Waals surface area (Å²) in [6, 6.07) is 13.4. The maximum absolute atomic E-state index is 12.3. The first kappa shape index (κ1) is 18.2. The molecule has 26 heavy (non-hydrogen) atoms. The van der Waals surface area contributed by atoms with Crippen LogP contribution in [0, 0.1) is 0 Å². The third kappa shape index (κ3) is 4.32. The molecule has 2 N–H and O–H groups in total. The van der Waals surface area contributed by atoms with Crippen molar-refractivity contribution in [2.75, 3.05) is 13.1 Å². The summed E-state index contributed by atoms with van der Waals surface area (Å²) < 4.78 is 5.79. The molecule has 2 aromatic rings. The van der Waals surface area contributed by atoms with Gasteiger partial charge < -0.3 is 15.1 Å². The number of hydrogen-bond donors (Lipinski definition) is 2. The molecule has 138 valence electrons. The van der Waals surface area contributed by atoms with Crippen LogP contribution in [0.25, 0.3) is 11.3 Å². The number of hydrogen-bond acceptors (Lipinski definition) is 4. The van der Waals surface area contributed by atoms with Crippen molar-refractivity contribution in [1.29, 1.82) is 0 Å². The van der Waals surface area contributed by atoms with E-state index in [1.165, 1.54) is 0 Å². The lowest BCUT2D eigenvalue weighted by molar-refractivity contribution is -0.134. The van der Waals surface area contributed by atoms with Crippen LogP contribution in [0.3, 0.4) is 0 Å². The highest BCUT2D eigenvalue weighted by Crippen LogP contribution is 2.21. The molecule has 6 nitrogen and oxygen atoms in total. The fourth-order valence-electron chi connectivity index (χ4n) is 3.22. The van der Waals surface area contributed by atoms with Crippen molar-refractivity contribution >= 4 is 11.8 Å². The van der Waals surface area contributed by atoms with Gasteiger partial charge in [-0.05, 0) is 26.0 Å². The van der Waals surface area contributed by atoms with Gasteiger partial charge in [-0.2, -0.15) is 0 Å². The Balaban J connectivity index is 1.55. The molecule has 1 aromatic carbocycles. The second-order valence-corrected chi connectivity index (χ2v) is 6.75. The normalized spacial score (nSPS) is 18.0. The topological polar surface area (TPSA) is 74.6 Å². The van der Waals surface area contributed by atoms with Gasteiger partial charge in [0.15, 0.2) is 0 Å². The van der Waals surface area contributed by atoms with Gasteiger partial charge in [0.25, 0.3) is 0 Å². The average Bonchev–Trinajstić information content (AvgIpc) is 3.11. The van der Waals surface area contributed by atoms with E-state index >= 15 is 0 Å². The summed E-state index contributed by atoms with van der Waals surface area (Å²) in [5, 5.41) is 5.69. The van der Waals surface area contributed by atoms with Gasteiger partial charge in [0, 0.05) is 24.7 Å². The maximum Gasteiger partial charge on any atom is 0.237 e. The van der Waals surface area contributed by atoms with Crippen LogP contribution in [0.2, 0.25) is 0 Å². The summed E-state index contributed by atoms with van der Waals surface area (Å²) in [5.74, 6) is 1.22. The summed E-state index contributed by atoms with van der Waals surface area (Å²) in [5.41, 5.74) is 0.997. The molecule has 2 heterocycles. The van der Waals surface area contributed by atoms with Crippen LogP contribution in [0.4, 0.5) is 0 Å². The Kier molecular flexibility index (Phi) is 5.73. The molecule has 1 aliphatic rings. The van der Waals surface area contributed by atoms with E-state index in [4.69, 9.17) is 4.42 Å². The molecule has 0 aliphatic carbocycles. The van der Waals surface area contributed by atoms with Gasteiger partial charge in [-0.3, -0.25) is 14.5 Å². The zero-order chi connectivity index (χ0) is 18.5. The molecular formula is C20H25N3O3. The number of piperazine rings is 1. The fraction of sp³-hybridized carbons (Fsp3) is 0.400. The third-order valence-electron chi connectivity index (χ3n) is 4.59. The second-order valence-electron chi connectivity index (χ2n) is 6.75. The summed E-state index contributed by atoms with van der Waals surface area (Å²) in [6.07, 6.45) is 0.149. The van der Waals surface area contributed by atoms with E-state index in [1.54, 1.807) is 0 Å². The highest BCUT2D eigenvalue weighted by atomic mass is 16.3. The van der Waals surface area contributed by atoms with Crippen LogP contribution in [0.5, 0.6) is 0 Å². The Labute approximate surface area is 153 Å². The van der Waals surface area contributed by atoms with Gasteiger partial charge in [-0.25, -0.2) is 0 Å². The first-order chi connectivity index (χ1) is 12.5. The maximum atomic E-state index is 12.3. The lowest BCUT2D eigenvalue weighted by Crippen LogP contribution is -2.58. The molecule has 1 aliphatic heterocycles. The Morgan fingerprint density at radius 1 is 1.27 bits per heavy atom. The van der Waals surface area contributed by atoms with Crippen LogP contribution in [-0.4, -0.2) is 41.9 Å². The number of furan rings is 1. The Morgan fingerprint density at radius 3 is 2.77 bits per heavy atom. The predicted octanol–water partition coefficient (Wildman–Crippen LogP) is 2.16. The van der Waals surface area contributed by atoms with E-state index < -0.39 is 6.04 Å². The Bertz CT molecular complexity index is 755. The molecule has 1 saturated heterocycles. The lowest BCUT2D eigenvalue weighted by Gasteiger charge is -2.37. The molecule has 2 amide bonds. The number of carbonyl (C=O) groups is 2. The standard InChI is InChI=1S/C20H25N3O3/c1-14(2)23-11-10-21-20(25)17(23)12-19(24)22-13-16-8-9-18(26-16)15-6-4-3-5-7-15/h3-9,14,17H,10-13H2,1-2H3,(H,21,25)(H,22,24). The SMILES string of the molecule is CC(C)N1CCNC(=O)C1CC(=O)NCc1ccc(-c2ccccc2)o1. The van der Waals surface area contributed by atoms with Crippen molar-refractivity contribution in [1.82, 2.24) is 15.5 Å². The molecule has 1 fully saturated rings. The molecule has 0 radical (unpaired) electrons. The first-order valence-corrected chi connectivity index (χ1v) is 8.99. The Hall–Kier alpha value is -2.60. The van der Waals surface area contributed by atoms with Crippen LogP contribution >= 0.6 is 0 Å². The van der Waals surface area contributed by atoms with Crippen molar-refractivity contribution in [2.45, 2.75) is 38.9 Å². The third-order valence-corrected chi connectivity index (χ3v) is 4.59. The molecule has 6 heteroatoms. The number of amides is 2. The number of nitrogens with one attached hydrogen (secondary N) is 2. The van der Waals surface area contributed by atoms with Crippen LogP contribution in [-0.2, 0) is 16.1 Å². The summed E-state index contributed by atoms with van der Waals surface area (Å²) in [7, 11) is 0. The molecule has 1 aromatic heterocycles. The van der Waals surface area contributed by atoms with Crippen LogP contribution in [0.1, 0.15) is 26.0 Å². The minimum Gasteiger partial charge on any atom is -0.459 e. The summed E-state index contributed by atoms with van der Waals surface area (Å²) in [4.78, 5) is 26.5. The van der Waals surface area contributed by atoms with Crippen LogP contribution < -0.4 is 10.6 Å². The minimum absolute atomic E-state index is 0.0792. The van der Waals surface area contributed by atoms with E-state index in [0.29, 0.717) is 18.8 Å². The summed E-state index contributed by atoms with van der Waals surface area (Å²) >= 11 is 0. The van der Waals surface area contributed by atoms with E-state index in [0.717, 1.165) is 17.9 Å². The van der Waals surface area contributed by atoms with Gasteiger partial charge in [0.2, 0.25) is 11.8 Å². The van der Waals surface area contributed by atoms with Gasteiger partial charge in [0.05, 0.1) is 19.0 Å². The quantitative estimate of drug-likeness (QED) is 0.833. The predicted molar refractivity (Wildman–Crippen MR) is 99.2 cm³/mol. The largest absolute Gasteiger partial charge is 0.459 e. The molecule has 1 unspecified atom stereocenters. The number of benzene rings is 1. The smallest absolute Gasteiger partial charge is 0.237 e. The van der Waals surface area contributed by atoms with Crippen molar-refractivity contribution in [2.24, 2.45) is 0 Å². The number of rotatable bonds is 6. The molecule has 0 saturated carbocycles. The van der Waals surface area contributed by atoms with E-state index in [1.807, 2.05) is 56.3 Å². The highest BCUT2D eigenvalue weighted by Gasteiger charge is 2.32. The van der Waals surface area contributed by atoms with Crippen LogP contribution in [0.15, 0.2) is 46.9 Å². The van der Waals surface area contributed by atoms with Crippen molar-refractivity contribution in [3.05, 3.63) is 48.2 Å².